The van der Waals surface area contributed by atoms with Crippen molar-refractivity contribution in [2.75, 3.05) is 12.4 Å². The molecule has 1 aromatic heterocycles. The third-order valence-corrected chi connectivity index (χ3v) is 3.07. The number of hydrogen-bond donors (Lipinski definition) is 1. The van der Waals surface area contributed by atoms with E-state index in [1.165, 1.54) is 24.3 Å². The molecule has 8 heteroatoms. The molecule has 0 aliphatic carbocycles. The Balaban J connectivity index is 1.91. The Morgan fingerprint density at radius 1 is 1.27 bits per heavy atom. The van der Waals surface area contributed by atoms with Crippen LogP contribution in [0.25, 0.3) is 0 Å². The van der Waals surface area contributed by atoms with Crippen LogP contribution in [0.4, 0.5) is 18.9 Å². The molecule has 0 unspecified atom stereocenters. The van der Waals surface area contributed by atoms with Crippen LogP contribution in [0.2, 0.25) is 0 Å². The summed E-state index contributed by atoms with van der Waals surface area (Å²) in [5, 5.41) is 3.34. The Morgan fingerprint density at radius 2 is 1.95 bits per heavy atom. The first-order valence-corrected chi connectivity index (χ1v) is 6.64. The summed E-state index contributed by atoms with van der Waals surface area (Å²) in [4.78, 5) is 1.74. The van der Waals surface area contributed by atoms with Crippen LogP contribution in [0.15, 0.2) is 47.1 Å². The van der Waals surface area contributed by atoms with Gasteiger partial charge in [-0.3, -0.25) is 0 Å². The molecular weight excluding hydrogens is 317 g/mol. The molecule has 1 heterocycles. The van der Waals surface area contributed by atoms with E-state index < -0.39 is 6.36 Å². The fourth-order valence-electron chi connectivity index (χ4n) is 1.67. The van der Waals surface area contributed by atoms with Gasteiger partial charge in [0.2, 0.25) is 0 Å². The van der Waals surface area contributed by atoms with Crippen molar-refractivity contribution in [1.29, 1.82) is 0 Å². The van der Waals surface area contributed by atoms with Crippen molar-refractivity contribution in [1.82, 2.24) is 4.90 Å². The van der Waals surface area contributed by atoms with E-state index in [9.17, 15) is 13.2 Å². The average molecular weight is 330 g/mol. The molecule has 1 N–H and O–H groups in total. The molecule has 2 rings (SSSR count). The monoisotopic (exact) mass is 330 g/mol. The van der Waals surface area contributed by atoms with Gasteiger partial charge in [0.25, 0.3) is 0 Å². The summed E-state index contributed by atoms with van der Waals surface area (Å²) in [6.45, 7) is 0.480. The fraction of sp³-hybridized carbons (Fsp3) is 0.214. The van der Waals surface area contributed by atoms with Gasteiger partial charge in [-0.25, -0.2) is 0 Å². The van der Waals surface area contributed by atoms with Crippen molar-refractivity contribution < 1.29 is 22.3 Å². The minimum atomic E-state index is -4.70. The molecule has 1 aromatic carbocycles. The quantitative estimate of drug-likeness (QED) is 0.858. The van der Waals surface area contributed by atoms with Crippen molar-refractivity contribution >= 4 is 23.0 Å². The van der Waals surface area contributed by atoms with Crippen molar-refractivity contribution in [3.8, 4) is 5.75 Å². The van der Waals surface area contributed by atoms with E-state index in [0.717, 1.165) is 5.76 Å². The molecule has 4 nitrogen and oxygen atoms in total. The van der Waals surface area contributed by atoms with Gasteiger partial charge >= 0.3 is 6.36 Å². The lowest BCUT2D eigenvalue weighted by atomic mass is 10.3. The van der Waals surface area contributed by atoms with Crippen molar-refractivity contribution in [3.05, 3.63) is 48.4 Å². The summed E-state index contributed by atoms with van der Waals surface area (Å²) in [5.74, 6) is 0.466. The van der Waals surface area contributed by atoms with Gasteiger partial charge in [0.1, 0.15) is 11.5 Å². The van der Waals surface area contributed by atoms with Crippen LogP contribution < -0.4 is 10.1 Å². The predicted octanol–water partition coefficient (Wildman–Crippen LogP) is 4.01. The molecule has 0 aliphatic heterocycles. The molecule has 2 aromatic rings. The summed E-state index contributed by atoms with van der Waals surface area (Å²) in [6.07, 6.45) is -3.13. The first kappa shape index (κ1) is 16.2. The number of anilines is 1. The van der Waals surface area contributed by atoms with E-state index in [2.05, 4.69) is 10.1 Å². The highest BCUT2D eigenvalue weighted by atomic mass is 32.1. The van der Waals surface area contributed by atoms with Crippen LogP contribution >= 0.6 is 12.2 Å². The van der Waals surface area contributed by atoms with E-state index in [1.54, 1.807) is 24.3 Å². The average Bonchev–Trinajstić information content (AvgIpc) is 2.92. The minimum Gasteiger partial charge on any atom is -0.467 e. The normalized spacial score (nSPS) is 11.1. The number of nitrogens with zero attached hydrogens (tertiary/aromatic N) is 1. The molecule has 0 bridgehead atoms. The van der Waals surface area contributed by atoms with E-state index in [4.69, 9.17) is 16.6 Å². The van der Waals surface area contributed by atoms with Gasteiger partial charge in [0.05, 0.1) is 12.8 Å². The Hall–Kier alpha value is -2.22. The summed E-state index contributed by atoms with van der Waals surface area (Å²) >= 11 is 5.21. The smallest absolute Gasteiger partial charge is 0.467 e. The Labute approximate surface area is 130 Å². The van der Waals surface area contributed by atoms with Crippen LogP contribution in [0, 0.1) is 0 Å². The summed E-state index contributed by atoms with van der Waals surface area (Å²) in [6, 6.07) is 8.93. The maximum Gasteiger partial charge on any atom is 0.573 e. The van der Waals surface area contributed by atoms with Crippen molar-refractivity contribution in [2.24, 2.45) is 0 Å². The zero-order chi connectivity index (χ0) is 16.2. The molecule has 0 fully saturated rings. The number of nitrogens with one attached hydrogen (secondary N) is 1. The van der Waals surface area contributed by atoms with Gasteiger partial charge in [-0.15, -0.1) is 13.2 Å². The summed E-state index contributed by atoms with van der Waals surface area (Å²) in [7, 11) is 1.78. The zero-order valence-electron chi connectivity index (χ0n) is 11.6. The molecule has 0 saturated heterocycles. The number of thiocarbonyl (C=S) groups is 1. The van der Waals surface area contributed by atoms with Gasteiger partial charge in [-0.2, -0.15) is 0 Å². The van der Waals surface area contributed by atoms with Gasteiger partial charge in [0.15, 0.2) is 5.11 Å². The summed E-state index contributed by atoms with van der Waals surface area (Å²) in [5.41, 5.74) is 0.561. The van der Waals surface area contributed by atoms with E-state index in [0.29, 0.717) is 17.3 Å². The minimum absolute atomic E-state index is 0.284. The second-order valence-corrected chi connectivity index (χ2v) is 4.82. The molecular formula is C14H13F3N2O2S. The molecule has 0 aliphatic rings. The van der Waals surface area contributed by atoms with Crippen LogP contribution in [-0.4, -0.2) is 23.4 Å². The topological polar surface area (TPSA) is 37.6 Å². The van der Waals surface area contributed by atoms with Crippen molar-refractivity contribution in [3.63, 3.8) is 0 Å². The van der Waals surface area contributed by atoms with Gasteiger partial charge < -0.3 is 19.4 Å². The molecule has 0 radical (unpaired) electrons. The Bertz CT molecular complexity index is 612. The fourth-order valence-corrected chi connectivity index (χ4v) is 1.85. The number of alkyl halides is 3. The number of furan rings is 1. The number of ether oxygens (including phenoxy) is 1. The number of hydrogen-bond acceptors (Lipinski definition) is 3. The number of benzene rings is 1. The highest BCUT2D eigenvalue weighted by molar-refractivity contribution is 7.80. The SMILES string of the molecule is CN(Cc1ccco1)C(=S)Nc1ccc(OC(F)(F)F)cc1. The predicted molar refractivity (Wildman–Crippen MR) is 79.5 cm³/mol. The lowest BCUT2D eigenvalue weighted by Gasteiger charge is -2.20. The lowest BCUT2D eigenvalue weighted by Crippen LogP contribution is -2.30. The molecule has 0 atom stereocenters. The van der Waals surface area contributed by atoms with Crippen LogP contribution in [-0.2, 0) is 6.54 Å². The second kappa shape index (κ2) is 6.69. The van der Waals surface area contributed by atoms with E-state index in [1.807, 2.05) is 6.07 Å². The highest BCUT2D eigenvalue weighted by Gasteiger charge is 2.30. The molecule has 0 saturated carbocycles. The number of rotatable bonds is 4. The third-order valence-electron chi connectivity index (χ3n) is 2.66. The maximum atomic E-state index is 12.1. The van der Waals surface area contributed by atoms with Crippen molar-refractivity contribution in [2.45, 2.75) is 12.9 Å². The largest absolute Gasteiger partial charge is 0.573 e. The Morgan fingerprint density at radius 3 is 2.50 bits per heavy atom. The molecule has 0 amide bonds. The third kappa shape index (κ3) is 4.96. The maximum absolute atomic E-state index is 12.1. The second-order valence-electron chi connectivity index (χ2n) is 4.44. The van der Waals surface area contributed by atoms with Crippen LogP contribution in [0.1, 0.15) is 5.76 Å². The zero-order valence-corrected chi connectivity index (χ0v) is 12.4. The van der Waals surface area contributed by atoms with Gasteiger partial charge in [0, 0.05) is 12.7 Å². The van der Waals surface area contributed by atoms with Gasteiger partial charge in [-0.05, 0) is 48.6 Å². The van der Waals surface area contributed by atoms with Crippen LogP contribution in [0.5, 0.6) is 5.75 Å². The van der Waals surface area contributed by atoms with E-state index in [-0.39, 0.29) is 5.75 Å². The molecule has 22 heavy (non-hydrogen) atoms. The lowest BCUT2D eigenvalue weighted by molar-refractivity contribution is -0.274. The first-order valence-electron chi connectivity index (χ1n) is 6.24. The molecule has 118 valence electrons. The number of halogens is 3. The Kier molecular flexibility index (Phi) is 4.92. The van der Waals surface area contributed by atoms with E-state index >= 15 is 0 Å². The molecule has 0 spiro atoms. The van der Waals surface area contributed by atoms with Crippen LogP contribution in [0.3, 0.4) is 0 Å². The summed E-state index contributed by atoms with van der Waals surface area (Å²) < 4.78 is 45.2. The first-order chi connectivity index (χ1) is 10.3. The standard InChI is InChI=1S/C14H13F3N2O2S/c1-19(9-12-3-2-8-20-12)13(22)18-10-4-6-11(7-5-10)21-14(15,16)17/h2-8H,9H2,1H3,(H,18,22). The highest BCUT2D eigenvalue weighted by Crippen LogP contribution is 2.24. The van der Waals surface area contributed by atoms with Gasteiger partial charge in [-0.1, -0.05) is 0 Å².